The van der Waals surface area contributed by atoms with E-state index >= 15 is 0 Å². The van der Waals surface area contributed by atoms with Gasteiger partial charge in [-0.3, -0.25) is 0 Å². The lowest BCUT2D eigenvalue weighted by Gasteiger charge is -2.35. The number of anilines is 2. The van der Waals surface area contributed by atoms with Crippen molar-refractivity contribution in [3.8, 4) is 0 Å². The number of likely N-dealkylation sites (tertiary alicyclic amines) is 1. The average Bonchev–Trinajstić information content (AvgIpc) is 2.81. The van der Waals surface area contributed by atoms with Gasteiger partial charge in [-0.25, -0.2) is 0 Å². The van der Waals surface area contributed by atoms with Crippen LogP contribution in [0.15, 0.2) is 58.3 Å². The van der Waals surface area contributed by atoms with Crippen molar-refractivity contribution < 1.29 is 0 Å². The van der Waals surface area contributed by atoms with Crippen molar-refractivity contribution in [1.82, 2.24) is 4.90 Å². The molecule has 120 valence electrons. The summed E-state index contributed by atoms with van der Waals surface area (Å²) in [6.07, 6.45) is 1.28. The van der Waals surface area contributed by atoms with E-state index < -0.39 is 0 Å². The summed E-state index contributed by atoms with van der Waals surface area (Å²) in [5.74, 6) is 0.708. The number of rotatable bonds is 2. The van der Waals surface area contributed by atoms with E-state index in [4.69, 9.17) is 0 Å². The van der Waals surface area contributed by atoms with Crippen molar-refractivity contribution in [2.45, 2.75) is 42.1 Å². The van der Waals surface area contributed by atoms with Crippen LogP contribution in [0.4, 0.5) is 11.4 Å². The number of nitrogens with zero attached hydrogens (tertiary/aromatic N) is 2. The molecule has 0 bridgehead atoms. The molecule has 1 saturated heterocycles. The van der Waals surface area contributed by atoms with Gasteiger partial charge in [0.2, 0.25) is 0 Å². The third-order valence-corrected chi connectivity index (χ3v) is 6.74. The molecule has 0 radical (unpaired) electrons. The molecular formula is C20H24N2S. The van der Waals surface area contributed by atoms with Crippen LogP contribution < -0.4 is 4.90 Å². The van der Waals surface area contributed by atoms with Crippen LogP contribution in [0.3, 0.4) is 0 Å². The van der Waals surface area contributed by atoms with Gasteiger partial charge in [0.1, 0.15) is 0 Å². The van der Waals surface area contributed by atoms with E-state index in [1.807, 2.05) is 11.8 Å². The maximum Gasteiger partial charge on any atom is 0.0552 e. The summed E-state index contributed by atoms with van der Waals surface area (Å²) in [6.45, 7) is 5.83. The molecule has 2 nitrogen and oxygen atoms in total. The summed E-state index contributed by atoms with van der Waals surface area (Å²) in [4.78, 5) is 7.83. The van der Waals surface area contributed by atoms with Gasteiger partial charge < -0.3 is 9.80 Å². The smallest absolute Gasteiger partial charge is 0.0552 e. The highest BCUT2D eigenvalue weighted by molar-refractivity contribution is 7.99. The fourth-order valence-electron chi connectivity index (χ4n) is 3.97. The molecule has 0 spiro atoms. The number of fused-ring (bicyclic) bond motifs is 2. The molecule has 1 fully saturated rings. The van der Waals surface area contributed by atoms with Gasteiger partial charge >= 0.3 is 0 Å². The zero-order valence-corrected chi connectivity index (χ0v) is 14.9. The van der Waals surface area contributed by atoms with Gasteiger partial charge in [-0.1, -0.05) is 36.0 Å². The second-order valence-corrected chi connectivity index (χ2v) is 7.98. The predicted octanol–water partition coefficient (Wildman–Crippen LogP) is 5.02. The fourth-order valence-corrected chi connectivity index (χ4v) is 5.07. The molecule has 23 heavy (non-hydrogen) atoms. The Kier molecular flexibility index (Phi) is 3.86. The first-order chi connectivity index (χ1) is 11.1. The van der Waals surface area contributed by atoms with Crippen LogP contribution in [-0.4, -0.2) is 30.6 Å². The third-order valence-electron chi connectivity index (χ3n) is 5.61. The van der Waals surface area contributed by atoms with Gasteiger partial charge in [0.05, 0.1) is 11.4 Å². The van der Waals surface area contributed by atoms with Crippen molar-refractivity contribution in [2.75, 3.05) is 18.5 Å². The van der Waals surface area contributed by atoms with Crippen molar-refractivity contribution in [3.63, 3.8) is 0 Å². The van der Waals surface area contributed by atoms with E-state index in [0.717, 1.165) is 6.54 Å². The molecule has 0 saturated carbocycles. The molecule has 0 aliphatic carbocycles. The Hall–Kier alpha value is -1.45. The number of hydrogen-bond donors (Lipinski definition) is 0. The Labute approximate surface area is 143 Å². The van der Waals surface area contributed by atoms with E-state index in [1.54, 1.807) is 0 Å². The lowest BCUT2D eigenvalue weighted by molar-refractivity contribution is 0.250. The summed E-state index contributed by atoms with van der Waals surface area (Å²) >= 11 is 1.89. The summed E-state index contributed by atoms with van der Waals surface area (Å²) in [5.41, 5.74) is 2.73. The maximum absolute atomic E-state index is 2.55. The molecule has 0 amide bonds. The van der Waals surface area contributed by atoms with Crippen LogP contribution in [0.2, 0.25) is 0 Å². The lowest BCUT2D eigenvalue weighted by atomic mass is 9.99. The van der Waals surface area contributed by atoms with Crippen LogP contribution >= 0.6 is 11.8 Å². The molecule has 0 aromatic heterocycles. The van der Waals surface area contributed by atoms with Gasteiger partial charge in [-0.2, -0.15) is 0 Å². The monoisotopic (exact) mass is 324 g/mol. The van der Waals surface area contributed by atoms with E-state index in [-0.39, 0.29) is 0 Å². The van der Waals surface area contributed by atoms with Gasteiger partial charge in [0.25, 0.3) is 0 Å². The van der Waals surface area contributed by atoms with Crippen LogP contribution in [0, 0.1) is 5.92 Å². The van der Waals surface area contributed by atoms with Gasteiger partial charge in [0.15, 0.2) is 0 Å². The van der Waals surface area contributed by atoms with Crippen molar-refractivity contribution in [1.29, 1.82) is 0 Å². The normalized spacial score (nSPS) is 26.9. The topological polar surface area (TPSA) is 6.48 Å². The molecule has 2 aliphatic rings. The highest BCUT2D eigenvalue weighted by Gasteiger charge is 2.36. The van der Waals surface area contributed by atoms with E-state index in [2.05, 4.69) is 79.2 Å². The van der Waals surface area contributed by atoms with Crippen molar-refractivity contribution in [3.05, 3.63) is 48.5 Å². The minimum absolute atomic E-state index is 0.638. The summed E-state index contributed by atoms with van der Waals surface area (Å²) < 4.78 is 0. The fraction of sp³-hybridized carbons (Fsp3) is 0.400. The highest BCUT2D eigenvalue weighted by atomic mass is 32.2. The molecule has 3 heteroatoms. The van der Waals surface area contributed by atoms with Gasteiger partial charge in [-0.15, -0.1) is 0 Å². The third kappa shape index (κ3) is 2.56. The minimum atomic E-state index is 0.638. The molecule has 2 heterocycles. The Balaban J connectivity index is 1.71. The van der Waals surface area contributed by atoms with Crippen LogP contribution in [0.5, 0.6) is 0 Å². The molecule has 3 atom stereocenters. The Morgan fingerprint density at radius 1 is 0.957 bits per heavy atom. The van der Waals surface area contributed by atoms with Crippen LogP contribution in [0.25, 0.3) is 0 Å². The van der Waals surface area contributed by atoms with E-state index in [0.29, 0.717) is 18.0 Å². The molecule has 4 rings (SSSR count). The Morgan fingerprint density at radius 2 is 1.52 bits per heavy atom. The molecule has 3 unspecified atom stereocenters. The zero-order valence-electron chi connectivity index (χ0n) is 14.1. The SMILES string of the molecule is CC1CC(CN2c3ccccc3Sc3ccccc32)C(C)N1C. The summed E-state index contributed by atoms with van der Waals surface area (Å²) in [6, 6.07) is 19.0. The Bertz CT molecular complexity index is 669. The first-order valence-electron chi connectivity index (χ1n) is 8.50. The molecular weight excluding hydrogens is 300 g/mol. The average molecular weight is 324 g/mol. The number of hydrogen-bond acceptors (Lipinski definition) is 3. The lowest BCUT2D eigenvalue weighted by Crippen LogP contribution is -2.35. The second-order valence-electron chi connectivity index (χ2n) is 6.90. The first-order valence-corrected chi connectivity index (χ1v) is 9.32. The first kappa shape index (κ1) is 15.1. The van der Waals surface area contributed by atoms with Gasteiger partial charge in [-0.05, 0) is 57.5 Å². The molecule has 2 aromatic carbocycles. The molecule has 2 aromatic rings. The van der Waals surface area contributed by atoms with E-state index in [9.17, 15) is 0 Å². The zero-order chi connectivity index (χ0) is 16.0. The van der Waals surface area contributed by atoms with Gasteiger partial charge in [0, 0.05) is 28.4 Å². The van der Waals surface area contributed by atoms with Crippen molar-refractivity contribution >= 4 is 23.1 Å². The largest absolute Gasteiger partial charge is 0.339 e. The maximum atomic E-state index is 2.55. The Morgan fingerprint density at radius 3 is 2.04 bits per heavy atom. The molecule has 0 N–H and O–H groups in total. The number of para-hydroxylation sites is 2. The second kappa shape index (κ2) is 5.88. The highest BCUT2D eigenvalue weighted by Crippen LogP contribution is 2.48. The predicted molar refractivity (Wildman–Crippen MR) is 98.8 cm³/mol. The number of benzene rings is 2. The molecule has 2 aliphatic heterocycles. The minimum Gasteiger partial charge on any atom is -0.339 e. The van der Waals surface area contributed by atoms with Crippen LogP contribution in [-0.2, 0) is 0 Å². The van der Waals surface area contributed by atoms with Crippen molar-refractivity contribution in [2.24, 2.45) is 5.92 Å². The quantitative estimate of drug-likeness (QED) is 0.766. The standard InChI is InChI=1S/C20H24N2S/c1-14-12-16(15(2)21(14)3)13-22-17-8-4-6-10-19(17)23-20-11-7-5-9-18(20)22/h4-11,14-16H,12-13H2,1-3H3. The van der Waals surface area contributed by atoms with E-state index in [1.165, 1.54) is 27.6 Å². The summed E-state index contributed by atoms with van der Waals surface area (Å²) in [7, 11) is 2.27. The van der Waals surface area contributed by atoms with Crippen LogP contribution in [0.1, 0.15) is 20.3 Å². The summed E-state index contributed by atoms with van der Waals surface area (Å²) in [5, 5.41) is 0.